The van der Waals surface area contributed by atoms with Crippen LogP contribution in [0, 0.1) is 0 Å². The first-order valence-electron chi connectivity index (χ1n) is 8.96. The molecule has 3 aromatic rings. The molecule has 0 atom stereocenters. The minimum Gasteiger partial charge on any atom is -0.356 e. The number of nitrogens with one attached hydrogen (secondary N) is 3. The van der Waals surface area contributed by atoms with Gasteiger partial charge in [-0.3, -0.25) is 29.8 Å². The van der Waals surface area contributed by atoms with Gasteiger partial charge in [-0.25, -0.2) is 4.98 Å². The second-order valence-corrected chi connectivity index (χ2v) is 7.60. The Morgan fingerprint density at radius 3 is 2.75 bits per heavy atom. The summed E-state index contributed by atoms with van der Waals surface area (Å²) in [6.45, 7) is 0. The third-order valence-corrected chi connectivity index (χ3v) is 5.03. The predicted molar refractivity (Wildman–Crippen MR) is 107 cm³/mol. The van der Waals surface area contributed by atoms with Crippen molar-refractivity contribution in [3.05, 3.63) is 62.9 Å². The van der Waals surface area contributed by atoms with Gasteiger partial charge in [-0.1, -0.05) is 12.1 Å². The number of carbonyl (C=O) groups excluding carboxylic acids is 2. The van der Waals surface area contributed by atoms with Gasteiger partial charge in [0.2, 0.25) is 5.91 Å². The van der Waals surface area contributed by atoms with E-state index in [0.717, 1.165) is 17.3 Å². The van der Waals surface area contributed by atoms with Crippen molar-refractivity contribution >= 4 is 38.6 Å². The van der Waals surface area contributed by atoms with Crippen molar-refractivity contribution in [1.29, 1.82) is 0 Å². The van der Waals surface area contributed by atoms with E-state index >= 15 is 0 Å². The summed E-state index contributed by atoms with van der Waals surface area (Å²) in [4.78, 5) is 44.3. The highest BCUT2D eigenvalue weighted by Gasteiger charge is 2.28. The Kier molecular flexibility index (Phi) is 4.99. The molecule has 0 saturated heterocycles. The van der Waals surface area contributed by atoms with Gasteiger partial charge in [0, 0.05) is 29.6 Å². The summed E-state index contributed by atoms with van der Waals surface area (Å²) in [5.41, 5.74) is 5.64. The van der Waals surface area contributed by atoms with E-state index in [0.29, 0.717) is 28.8 Å². The third kappa shape index (κ3) is 3.84. The van der Waals surface area contributed by atoms with Crippen LogP contribution in [0.4, 0.5) is 0 Å². The molecule has 1 fully saturated rings. The van der Waals surface area contributed by atoms with E-state index in [2.05, 4.69) is 36.7 Å². The number of fused-ring (bicyclic) bond motifs is 1. The Morgan fingerprint density at radius 1 is 1.25 bits per heavy atom. The zero-order chi connectivity index (χ0) is 19.7. The average Bonchev–Trinajstić information content (AvgIpc) is 3.43. The Hall–Kier alpha value is -2.94. The Labute approximate surface area is 168 Å². The maximum Gasteiger partial charge on any atom is 0.286 e. The molecule has 8 nitrogen and oxygen atoms in total. The number of halogens is 1. The van der Waals surface area contributed by atoms with Crippen molar-refractivity contribution in [2.24, 2.45) is 0 Å². The minimum absolute atomic E-state index is 0.0610. The summed E-state index contributed by atoms with van der Waals surface area (Å²) in [7, 11) is 0. The van der Waals surface area contributed by atoms with Gasteiger partial charge in [0.25, 0.3) is 11.5 Å². The molecule has 1 aliphatic rings. The Bertz CT molecular complexity index is 1120. The Balaban J connectivity index is 1.43. The normalized spacial score (nSPS) is 13.5. The number of hydrogen-bond acceptors (Lipinski definition) is 4. The fraction of sp³-hybridized carbons (Fsp3) is 0.263. The van der Waals surface area contributed by atoms with Crippen molar-refractivity contribution in [1.82, 2.24) is 25.4 Å². The van der Waals surface area contributed by atoms with E-state index < -0.39 is 5.91 Å². The lowest BCUT2D eigenvalue weighted by Crippen LogP contribution is -2.42. The molecular weight excluding hydrogens is 426 g/mol. The SMILES string of the molecule is O=C(CCc1nc2ccccc2c(=O)n1C1CC1)NNC(=O)c1cc(Br)c[nH]1. The standard InChI is InChI=1S/C19H18BrN5O3/c20-11-9-15(21-10-11)18(27)24-23-17(26)8-7-16-22-14-4-2-1-3-13(14)19(28)25(16)12-5-6-12/h1-4,9-10,12,21H,5-8H2,(H,23,26)(H,24,27). The summed E-state index contributed by atoms with van der Waals surface area (Å²) in [5.74, 6) is -0.206. The molecule has 0 unspecified atom stereocenters. The second kappa shape index (κ2) is 7.59. The van der Waals surface area contributed by atoms with Gasteiger partial charge in [0.1, 0.15) is 11.5 Å². The zero-order valence-electron chi connectivity index (χ0n) is 14.9. The van der Waals surface area contributed by atoms with Crippen LogP contribution in [0.3, 0.4) is 0 Å². The molecule has 144 valence electrons. The molecule has 9 heteroatoms. The number of carbonyl (C=O) groups is 2. The molecule has 1 saturated carbocycles. The average molecular weight is 444 g/mol. The minimum atomic E-state index is -0.447. The van der Waals surface area contributed by atoms with Crippen molar-refractivity contribution in [3.8, 4) is 0 Å². The lowest BCUT2D eigenvalue weighted by Gasteiger charge is -2.13. The maximum absolute atomic E-state index is 12.8. The summed E-state index contributed by atoms with van der Waals surface area (Å²) >= 11 is 3.24. The molecule has 2 heterocycles. The fourth-order valence-electron chi connectivity index (χ4n) is 3.06. The fourth-order valence-corrected chi connectivity index (χ4v) is 3.40. The van der Waals surface area contributed by atoms with Crippen molar-refractivity contribution in [2.75, 3.05) is 0 Å². The van der Waals surface area contributed by atoms with Gasteiger partial charge in [0.15, 0.2) is 0 Å². The number of rotatable bonds is 5. The highest BCUT2D eigenvalue weighted by molar-refractivity contribution is 9.10. The molecule has 2 aromatic heterocycles. The van der Waals surface area contributed by atoms with Crippen molar-refractivity contribution in [2.45, 2.75) is 31.7 Å². The van der Waals surface area contributed by atoms with Crippen LogP contribution < -0.4 is 16.4 Å². The van der Waals surface area contributed by atoms with Crippen LogP contribution in [-0.2, 0) is 11.2 Å². The van der Waals surface area contributed by atoms with Crippen LogP contribution in [0.15, 0.2) is 45.8 Å². The summed E-state index contributed by atoms with van der Waals surface area (Å²) in [6.07, 6.45) is 3.93. The molecule has 0 aliphatic heterocycles. The molecule has 2 amide bonds. The second-order valence-electron chi connectivity index (χ2n) is 6.69. The number of nitrogens with zero attached hydrogens (tertiary/aromatic N) is 2. The number of aryl methyl sites for hydroxylation is 1. The first kappa shape index (κ1) is 18.4. The molecule has 28 heavy (non-hydrogen) atoms. The van der Waals surface area contributed by atoms with Crippen molar-refractivity contribution in [3.63, 3.8) is 0 Å². The highest BCUT2D eigenvalue weighted by atomic mass is 79.9. The topological polar surface area (TPSA) is 109 Å². The summed E-state index contributed by atoms with van der Waals surface area (Å²) < 4.78 is 2.45. The van der Waals surface area contributed by atoms with E-state index in [4.69, 9.17) is 0 Å². The highest BCUT2D eigenvalue weighted by Crippen LogP contribution is 2.34. The van der Waals surface area contributed by atoms with Crippen LogP contribution >= 0.6 is 15.9 Å². The number of aromatic nitrogens is 3. The van der Waals surface area contributed by atoms with Crippen LogP contribution in [0.25, 0.3) is 10.9 Å². The molecule has 4 rings (SSSR count). The maximum atomic E-state index is 12.8. The number of aromatic amines is 1. The third-order valence-electron chi connectivity index (χ3n) is 4.58. The van der Waals surface area contributed by atoms with Gasteiger partial charge in [-0.05, 0) is 47.0 Å². The summed E-state index contributed by atoms with van der Waals surface area (Å²) in [5, 5.41) is 0.590. The lowest BCUT2D eigenvalue weighted by molar-refractivity contribution is -0.121. The van der Waals surface area contributed by atoms with E-state index in [-0.39, 0.29) is 23.9 Å². The van der Waals surface area contributed by atoms with Crippen molar-refractivity contribution < 1.29 is 9.59 Å². The number of amides is 2. The smallest absolute Gasteiger partial charge is 0.286 e. The molecular formula is C19H18BrN5O3. The van der Waals surface area contributed by atoms with Gasteiger partial charge < -0.3 is 4.98 Å². The zero-order valence-corrected chi connectivity index (χ0v) is 16.5. The van der Waals surface area contributed by atoms with E-state index in [9.17, 15) is 14.4 Å². The van der Waals surface area contributed by atoms with Gasteiger partial charge in [-0.15, -0.1) is 0 Å². The van der Waals surface area contributed by atoms with Gasteiger partial charge in [-0.2, -0.15) is 0 Å². The molecule has 0 radical (unpaired) electrons. The number of H-pyrrole nitrogens is 1. The molecule has 1 aromatic carbocycles. The first-order chi connectivity index (χ1) is 13.5. The van der Waals surface area contributed by atoms with Crippen LogP contribution in [-0.4, -0.2) is 26.3 Å². The van der Waals surface area contributed by atoms with E-state index in [1.807, 2.05) is 12.1 Å². The van der Waals surface area contributed by atoms with Crippen LogP contribution in [0.2, 0.25) is 0 Å². The largest absolute Gasteiger partial charge is 0.356 e. The molecule has 1 aliphatic carbocycles. The molecule has 0 bridgehead atoms. The number of hydrazine groups is 1. The number of benzene rings is 1. The first-order valence-corrected chi connectivity index (χ1v) is 9.75. The van der Waals surface area contributed by atoms with Gasteiger partial charge in [0.05, 0.1) is 10.9 Å². The lowest BCUT2D eigenvalue weighted by atomic mass is 10.2. The number of para-hydroxylation sites is 1. The quantitative estimate of drug-likeness (QED) is 0.525. The Morgan fingerprint density at radius 2 is 2.04 bits per heavy atom. The number of hydrogen-bond donors (Lipinski definition) is 3. The van der Waals surface area contributed by atoms with E-state index in [1.54, 1.807) is 29.0 Å². The van der Waals surface area contributed by atoms with Gasteiger partial charge >= 0.3 is 0 Å². The van der Waals surface area contributed by atoms with Crippen LogP contribution in [0.1, 0.15) is 41.6 Å². The van der Waals surface area contributed by atoms with Crippen LogP contribution in [0.5, 0.6) is 0 Å². The molecule has 0 spiro atoms. The van der Waals surface area contributed by atoms with E-state index in [1.165, 1.54) is 0 Å². The monoisotopic (exact) mass is 443 g/mol. The molecule has 3 N–H and O–H groups in total. The summed E-state index contributed by atoms with van der Waals surface area (Å²) in [6, 6.07) is 8.99. The predicted octanol–water partition coefficient (Wildman–Crippen LogP) is 2.22.